The van der Waals surface area contributed by atoms with Crippen LogP contribution in [0.2, 0.25) is 0 Å². The molecule has 0 bridgehead atoms. The van der Waals surface area contributed by atoms with E-state index in [1.807, 2.05) is 19.9 Å². The fourth-order valence-corrected chi connectivity index (χ4v) is 3.79. The summed E-state index contributed by atoms with van der Waals surface area (Å²) in [5.41, 5.74) is 0.952. The van der Waals surface area contributed by atoms with E-state index in [0.717, 1.165) is 10.4 Å². The summed E-state index contributed by atoms with van der Waals surface area (Å²) in [6.45, 7) is 3.30. The largest absolute Gasteiger partial charge is 0.457 e. The minimum Gasteiger partial charge on any atom is -0.457 e. The van der Waals surface area contributed by atoms with Gasteiger partial charge in [-0.2, -0.15) is 0 Å². The van der Waals surface area contributed by atoms with E-state index in [1.165, 1.54) is 23.5 Å². The lowest BCUT2D eigenvalue weighted by molar-refractivity contribution is -0.142. The van der Waals surface area contributed by atoms with Crippen molar-refractivity contribution in [3.8, 4) is 0 Å². The van der Waals surface area contributed by atoms with Crippen molar-refractivity contribution >= 4 is 33.1 Å². The maximum Gasteiger partial charge on any atom is 0.307 e. The van der Waals surface area contributed by atoms with Crippen molar-refractivity contribution in [3.05, 3.63) is 51.7 Å². The monoisotopic (exact) mass is 381 g/mol. The number of ketones is 1. The molecular weight excluding hydrogens is 362 g/mol. The van der Waals surface area contributed by atoms with Gasteiger partial charge in [0.2, 0.25) is 15.8 Å². The lowest BCUT2D eigenvalue weighted by Gasteiger charge is -2.07. The van der Waals surface area contributed by atoms with Gasteiger partial charge in [0.1, 0.15) is 0 Å². The van der Waals surface area contributed by atoms with Gasteiger partial charge in [0.25, 0.3) is 0 Å². The highest BCUT2D eigenvalue weighted by molar-refractivity contribution is 7.89. The number of sulfonamides is 1. The quantitative estimate of drug-likeness (QED) is 0.560. The molecule has 0 saturated carbocycles. The number of ether oxygens (including phenoxy) is 1. The highest BCUT2D eigenvalue weighted by atomic mass is 32.2. The van der Waals surface area contributed by atoms with Gasteiger partial charge in [-0.15, -0.1) is 11.3 Å². The van der Waals surface area contributed by atoms with Crippen LogP contribution < -0.4 is 4.72 Å². The number of hydrogen-bond acceptors (Lipinski definition) is 6. The standard InChI is InChI=1S/C17H19NO5S2/c1-12-3-6-14(7-4-12)25(21,22)18-10-9-17(20)23-11-15(19)16-8-5-13(2)24-16/h3-8,18H,9-11H2,1-2H3. The summed E-state index contributed by atoms with van der Waals surface area (Å²) in [5, 5.41) is 0. The molecule has 2 rings (SSSR count). The van der Waals surface area contributed by atoms with Crippen LogP contribution in [-0.4, -0.2) is 33.3 Å². The average molecular weight is 381 g/mol. The van der Waals surface area contributed by atoms with Crippen molar-refractivity contribution in [2.24, 2.45) is 0 Å². The molecule has 1 aromatic carbocycles. The third kappa shape index (κ3) is 5.77. The first-order chi connectivity index (χ1) is 11.8. The van der Waals surface area contributed by atoms with E-state index in [0.29, 0.717) is 4.88 Å². The van der Waals surface area contributed by atoms with Crippen molar-refractivity contribution < 1.29 is 22.7 Å². The molecule has 0 aliphatic carbocycles. The molecule has 0 unspecified atom stereocenters. The number of hydrogen-bond donors (Lipinski definition) is 1. The SMILES string of the molecule is Cc1ccc(S(=O)(=O)NCCC(=O)OCC(=O)c2ccc(C)s2)cc1. The number of benzene rings is 1. The van der Waals surface area contributed by atoms with Gasteiger partial charge in [-0.25, -0.2) is 13.1 Å². The molecule has 8 heteroatoms. The van der Waals surface area contributed by atoms with Crippen LogP contribution in [0.4, 0.5) is 0 Å². The molecule has 0 spiro atoms. The lowest BCUT2D eigenvalue weighted by Crippen LogP contribution is -2.27. The van der Waals surface area contributed by atoms with Gasteiger partial charge in [0, 0.05) is 11.4 Å². The predicted octanol–water partition coefficient (Wildman–Crippen LogP) is 2.46. The zero-order chi connectivity index (χ0) is 18.4. The lowest BCUT2D eigenvalue weighted by atomic mass is 10.2. The second kappa shape index (κ2) is 8.37. The molecule has 1 aromatic heterocycles. The number of carbonyl (C=O) groups is 2. The second-order valence-corrected chi connectivity index (χ2v) is 8.51. The zero-order valence-corrected chi connectivity index (χ0v) is 15.6. The van der Waals surface area contributed by atoms with E-state index in [-0.39, 0.29) is 30.3 Å². The van der Waals surface area contributed by atoms with E-state index in [2.05, 4.69) is 4.72 Å². The Morgan fingerprint density at radius 1 is 1.08 bits per heavy atom. The van der Waals surface area contributed by atoms with Crippen LogP contribution >= 0.6 is 11.3 Å². The van der Waals surface area contributed by atoms with Crippen molar-refractivity contribution in [3.63, 3.8) is 0 Å². The maximum absolute atomic E-state index is 12.1. The highest BCUT2D eigenvalue weighted by Gasteiger charge is 2.15. The molecule has 25 heavy (non-hydrogen) atoms. The molecule has 6 nitrogen and oxygen atoms in total. The Hall–Kier alpha value is -2.03. The van der Waals surface area contributed by atoms with Gasteiger partial charge in [0.05, 0.1) is 16.2 Å². The average Bonchev–Trinajstić information content (AvgIpc) is 2.99. The van der Waals surface area contributed by atoms with Crippen LogP contribution in [-0.2, 0) is 19.6 Å². The highest BCUT2D eigenvalue weighted by Crippen LogP contribution is 2.15. The Kier molecular flexibility index (Phi) is 6.46. The van der Waals surface area contributed by atoms with Gasteiger partial charge in [-0.3, -0.25) is 9.59 Å². The molecule has 0 atom stereocenters. The van der Waals surface area contributed by atoms with E-state index in [1.54, 1.807) is 18.2 Å². The molecule has 1 N–H and O–H groups in total. The fourth-order valence-electron chi connectivity index (χ4n) is 1.96. The first kappa shape index (κ1) is 19.3. The number of carbonyl (C=O) groups excluding carboxylic acids is 2. The van der Waals surface area contributed by atoms with Crippen LogP contribution in [0.15, 0.2) is 41.3 Å². The topological polar surface area (TPSA) is 89.5 Å². The molecule has 0 fully saturated rings. The van der Waals surface area contributed by atoms with Gasteiger partial charge in [0.15, 0.2) is 6.61 Å². The fraction of sp³-hybridized carbons (Fsp3) is 0.294. The van der Waals surface area contributed by atoms with Gasteiger partial charge < -0.3 is 4.74 Å². The van der Waals surface area contributed by atoms with Gasteiger partial charge in [-0.05, 0) is 38.1 Å². The van der Waals surface area contributed by atoms with Crippen LogP contribution in [0, 0.1) is 13.8 Å². The van der Waals surface area contributed by atoms with Crippen molar-refractivity contribution in [2.75, 3.05) is 13.2 Å². The summed E-state index contributed by atoms with van der Waals surface area (Å²) in [6.07, 6.45) is -0.151. The summed E-state index contributed by atoms with van der Waals surface area (Å²) >= 11 is 1.33. The normalized spacial score (nSPS) is 11.3. The molecule has 134 valence electrons. The summed E-state index contributed by atoms with van der Waals surface area (Å²) in [4.78, 5) is 25.1. The number of thiophene rings is 1. The Morgan fingerprint density at radius 3 is 2.36 bits per heavy atom. The molecule has 0 aliphatic rings. The number of rotatable bonds is 8. The number of esters is 1. The molecule has 2 aromatic rings. The minimum absolute atomic E-state index is 0.0959. The molecule has 0 radical (unpaired) electrons. The first-order valence-electron chi connectivity index (χ1n) is 7.59. The minimum atomic E-state index is -3.67. The van der Waals surface area contributed by atoms with Crippen LogP contribution in [0.5, 0.6) is 0 Å². The molecule has 0 aliphatic heterocycles. The van der Waals surface area contributed by atoms with Crippen molar-refractivity contribution in [2.45, 2.75) is 25.2 Å². The van der Waals surface area contributed by atoms with Crippen LogP contribution in [0.1, 0.15) is 26.5 Å². The molecule has 0 amide bonds. The third-order valence-electron chi connectivity index (χ3n) is 3.33. The van der Waals surface area contributed by atoms with Crippen LogP contribution in [0.3, 0.4) is 0 Å². The zero-order valence-electron chi connectivity index (χ0n) is 13.9. The summed E-state index contributed by atoms with van der Waals surface area (Å²) in [6, 6.07) is 9.89. The summed E-state index contributed by atoms with van der Waals surface area (Å²) < 4.78 is 31.3. The van der Waals surface area contributed by atoms with Gasteiger partial charge >= 0.3 is 5.97 Å². The number of nitrogens with one attached hydrogen (secondary N) is 1. The summed E-state index contributed by atoms with van der Waals surface area (Å²) in [5.74, 6) is -0.903. The van der Waals surface area contributed by atoms with E-state index in [4.69, 9.17) is 4.74 Å². The maximum atomic E-state index is 12.1. The van der Waals surface area contributed by atoms with E-state index >= 15 is 0 Å². The second-order valence-electron chi connectivity index (χ2n) is 5.45. The Labute approximate surface area is 150 Å². The van der Waals surface area contributed by atoms with E-state index in [9.17, 15) is 18.0 Å². The van der Waals surface area contributed by atoms with E-state index < -0.39 is 16.0 Å². The Balaban J connectivity index is 1.76. The number of aryl methyl sites for hydroxylation is 2. The van der Waals surface area contributed by atoms with Gasteiger partial charge in [-0.1, -0.05) is 17.7 Å². The smallest absolute Gasteiger partial charge is 0.307 e. The van der Waals surface area contributed by atoms with Crippen molar-refractivity contribution in [1.82, 2.24) is 4.72 Å². The number of Topliss-reactive ketones (excluding diaryl/α,β-unsaturated/α-hetero) is 1. The summed E-state index contributed by atoms with van der Waals surface area (Å²) in [7, 11) is -3.67. The molecule has 0 saturated heterocycles. The Morgan fingerprint density at radius 2 is 1.76 bits per heavy atom. The van der Waals surface area contributed by atoms with Crippen molar-refractivity contribution in [1.29, 1.82) is 0 Å². The first-order valence-corrected chi connectivity index (χ1v) is 9.89. The molecule has 1 heterocycles. The third-order valence-corrected chi connectivity index (χ3v) is 5.85. The Bertz CT molecular complexity index is 853. The predicted molar refractivity (Wildman–Crippen MR) is 95.3 cm³/mol. The molecular formula is C17H19NO5S2. The van der Waals surface area contributed by atoms with Crippen LogP contribution in [0.25, 0.3) is 0 Å².